The van der Waals surface area contributed by atoms with E-state index in [0.717, 1.165) is 18.7 Å². The van der Waals surface area contributed by atoms with E-state index < -0.39 is 0 Å². The lowest BCUT2D eigenvalue weighted by molar-refractivity contribution is 0.113. The van der Waals surface area contributed by atoms with Crippen LogP contribution in [-0.4, -0.2) is 53.8 Å². The lowest BCUT2D eigenvalue weighted by Gasteiger charge is -2.31. The summed E-state index contributed by atoms with van der Waals surface area (Å²) in [5, 5.41) is 3.35. The highest BCUT2D eigenvalue weighted by molar-refractivity contribution is 5.67. The van der Waals surface area contributed by atoms with Gasteiger partial charge in [0.05, 0.1) is 13.7 Å². The number of methoxy groups -OCH3 is 1. The molecule has 2 rings (SSSR count). The van der Waals surface area contributed by atoms with Crippen molar-refractivity contribution in [1.82, 2.24) is 14.9 Å². The van der Waals surface area contributed by atoms with Crippen molar-refractivity contribution in [3.05, 3.63) is 12.4 Å². The summed E-state index contributed by atoms with van der Waals surface area (Å²) in [4.78, 5) is 21.3. The molecule has 0 spiro atoms. The van der Waals surface area contributed by atoms with Gasteiger partial charge >= 0.3 is 6.09 Å². The average molecular weight is 280 g/mol. The normalized spacial score (nSPS) is 15.8. The van der Waals surface area contributed by atoms with E-state index in [0.29, 0.717) is 31.6 Å². The van der Waals surface area contributed by atoms with Crippen LogP contribution in [0, 0.1) is 0 Å². The van der Waals surface area contributed by atoms with E-state index in [9.17, 15) is 4.79 Å². The van der Waals surface area contributed by atoms with Gasteiger partial charge in [0.2, 0.25) is 5.88 Å². The van der Waals surface area contributed by atoms with Gasteiger partial charge in [-0.2, -0.15) is 0 Å². The van der Waals surface area contributed by atoms with Crippen molar-refractivity contribution in [3.63, 3.8) is 0 Å². The topological polar surface area (TPSA) is 76.6 Å². The minimum atomic E-state index is -0.260. The summed E-state index contributed by atoms with van der Waals surface area (Å²) in [5.74, 6) is 1.32. The molecule has 1 saturated heterocycles. The summed E-state index contributed by atoms with van der Waals surface area (Å²) >= 11 is 0. The third-order valence-electron chi connectivity index (χ3n) is 3.21. The van der Waals surface area contributed by atoms with E-state index >= 15 is 0 Å². The smallest absolute Gasteiger partial charge is 0.409 e. The van der Waals surface area contributed by atoms with Crippen molar-refractivity contribution in [2.45, 2.75) is 25.8 Å². The van der Waals surface area contributed by atoms with Crippen LogP contribution in [0.3, 0.4) is 0 Å². The molecule has 0 atom stereocenters. The molecule has 1 N–H and O–H groups in total. The Hall–Kier alpha value is -2.05. The van der Waals surface area contributed by atoms with Gasteiger partial charge in [-0.15, -0.1) is 0 Å². The summed E-state index contributed by atoms with van der Waals surface area (Å²) in [6.45, 7) is 3.87. The molecule has 7 nitrogen and oxygen atoms in total. The zero-order chi connectivity index (χ0) is 14.4. The van der Waals surface area contributed by atoms with Gasteiger partial charge in [0.25, 0.3) is 0 Å². The number of hydrogen-bond acceptors (Lipinski definition) is 6. The Morgan fingerprint density at radius 2 is 2.20 bits per heavy atom. The van der Waals surface area contributed by atoms with Crippen molar-refractivity contribution in [3.8, 4) is 5.88 Å². The van der Waals surface area contributed by atoms with Crippen LogP contribution in [0.5, 0.6) is 5.88 Å². The molecule has 1 aliphatic rings. The first-order valence-electron chi connectivity index (χ1n) is 6.77. The number of nitrogens with one attached hydrogen (secondary N) is 1. The molecule has 20 heavy (non-hydrogen) atoms. The van der Waals surface area contributed by atoms with Gasteiger partial charge in [-0.05, 0) is 19.8 Å². The molecule has 0 unspecified atom stereocenters. The first-order valence-corrected chi connectivity index (χ1v) is 6.77. The van der Waals surface area contributed by atoms with Crippen molar-refractivity contribution < 1.29 is 14.3 Å². The third kappa shape index (κ3) is 3.72. The number of ether oxygens (including phenoxy) is 2. The van der Waals surface area contributed by atoms with Crippen LogP contribution >= 0.6 is 0 Å². The van der Waals surface area contributed by atoms with Crippen molar-refractivity contribution in [2.75, 3.05) is 32.1 Å². The van der Waals surface area contributed by atoms with E-state index in [1.165, 1.54) is 13.4 Å². The van der Waals surface area contributed by atoms with Crippen LogP contribution in [0.15, 0.2) is 12.4 Å². The molecule has 1 fully saturated rings. The molecule has 2 heterocycles. The molecular weight excluding hydrogens is 260 g/mol. The maximum Gasteiger partial charge on any atom is 0.409 e. The van der Waals surface area contributed by atoms with E-state index in [-0.39, 0.29) is 6.09 Å². The number of amides is 1. The molecule has 1 aromatic heterocycles. The number of carbonyl (C=O) groups excluding carboxylic acids is 1. The van der Waals surface area contributed by atoms with Gasteiger partial charge in [-0.1, -0.05) is 0 Å². The Morgan fingerprint density at radius 1 is 1.45 bits per heavy atom. The van der Waals surface area contributed by atoms with Gasteiger partial charge in [-0.25, -0.2) is 14.8 Å². The predicted octanol–water partition coefficient (Wildman–Crippen LogP) is 1.52. The average Bonchev–Trinajstić information content (AvgIpc) is 2.48. The van der Waals surface area contributed by atoms with Crippen LogP contribution in [-0.2, 0) is 4.74 Å². The Kier molecular flexibility index (Phi) is 4.97. The van der Waals surface area contributed by atoms with Gasteiger partial charge in [0, 0.05) is 25.2 Å². The first kappa shape index (κ1) is 14.4. The van der Waals surface area contributed by atoms with E-state index in [1.54, 1.807) is 11.0 Å². The second-order valence-corrected chi connectivity index (χ2v) is 4.55. The fourth-order valence-corrected chi connectivity index (χ4v) is 2.19. The maximum atomic E-state index is 11.4. The molecule has 0 saturated carbocycles. The van der Waals surface area contributed by atoms with Crippen LogP contribution in [0.25, 0.3) is 0 Å². The molecule has 0 bridgehead atoms. The summed E-state index contributed by atoms with van der Waals surface area (Å²) < 4.78 is 10.1. The second-order valence-electron chi connectivity index (χ2n) is 4.55. The first-order chi connectivity index (χ1) is 9.72. The van der Waals surface area contributed by atoms with E-state index in [4.69, 9.17) is 9.47 Å². The number of piperidine rings is 1. The molecule has 110 valence electrons. The van der Waals surface area contributed by atoms with Crippen LogP contribution < -0.4 is 10.1 Å². The Morgan fingerprint density at radius 3 is 2.85 bits per heavy atom. The summed E-state index contributed by atoms with van der Waals surface area (Å²) in [7, 11) is 1.41. The van der Waals surface area contributed by atoms with Gasteiger partial charge < -0.3 is 19.7 Å². The quantitative estimate of drug-likeness (QED) is 0.901. The van der Waals surface area contributed by atoms with Crippen molar-refractivity contribution in [2.24, 2.45) is 0 Å². The summed E-state index contributed by atoms with van der Waals surface area (Å²) in [6.07, 6.45) is 2.95. The third-order valence-corrected chi connectivity index (χ3v) is 3.21. The van der Waals surface area contributed by atoms with Crippen LogP contribution in [0.1, 0.15) is 19.8 Å². The number of anilines is 1. The van der Waals surface area contributed by atoms with Crippen molar-refractivity contribution >= 4 is 11.9 Å². The largest absolute Gasteiger partial charge is 0.478 e. The molecular formula is C13H20N4O3. The Labute approximate surface area is 118 Å². The standard InChI is InChI=1S/C13H20N4O3/c1-3-20-12-8-11(14-9-15-12)16-10-4-6-17(7-5-10)13(18)19-2/h8-10H,3-7H2,1-2H3,(H,14,15,16). The number of likely N-dealkylation sites (tertiary alicyclic amines) is 1. The van der Waals surface area contributed by atoms with Crippen LogP contribution in [0.4, 0.5) is 10.6 Å². The van der Waals surface area contributed by atoms with Crippen molar-refractivity contribution in [1.29, 1.82) is 0 Å². The number of hydrogen-bond donors (Lipinski definition) is 1. The minimum Gasteiger partial charge on any atom is -0.478 e. The molecule has 0 aromatic carbocycles. The van der Waals surface area contributed by atoms with Gasteiger partial charge in [-0.3, -0.25) is 0 Å². The summed E-state index contributed by atoms with van der Waals surface area (Å²) in [6, 6.07) is 2.08. The maximum absolute atomic E-state index is 11.4. The summed E-state index contributed by atoms with van der Waals surface area (Å²) in [5.41, 5.74) is 0. The Balaban J connectivity index is 1.86. The van der Waals surface area contributed by atoms with Gasteiger partial charge in [0.15, 0.2) is 0 Å². The number of rotatable bonds is 4. The van der Waals surface area contributed by atoms with E-state index in [1.807, 2.05) is 6.92 Å². The Bertz CT molecular complexity index is 447. The zero-order valence-corrected chi connectivity index (χ0v) is 11.8. The fourth-order valence-electron chi connectivity index (χ4n) is 2.19. The number of carbonyl (C=O) groups is 1. The zero-order valence-electron chi connectivity index (χ0n) is 11.8. The minimum absolute atomic E-state index is 0.260. The fraction of sp³-hybridized carbons (Fsp3) is 0.615. The second kappa shape index (κ2) is 6.93. The van der Waals surface area contributed by atoms with E-state index in [2.05, 4.69) is 15.3 Å². The highest BCUT2D eigenvalue weighted by Gasteiger charge is 2.23. The molecule has 1 aliphatic heterocycles. The number of aromatic nitrogens is 2. The molecule has 1 amide bonds. The molecule has 0 aliphatic carbocycles. The monoisotopic (exact) mass is 280 g/mol. The SMILES string of the molecule is CCOc1cc(NC2CCN(C(=O)OC)CC2)ncn1. The molecule has 7 heteroatoms. The lowest BCUT2D eigenvalue weighted by atomic mass is 10.1. The van der Waals surface area contributed by atoms with Crippen LogP contribution in [0.2, 0.25) is 0 Å². The molecule has 0 radical (unpaired) electrons. The lowest BCUT2D eigenvalue weighted by Crippen LogP contribution is -2.42. The van der Waals surface area contributed by atoms with Gasteiger partial charge in [0.1, 0.15) is 12.1 Å². The predicted molar refractivity (Wildman–Crippen MR) is 73.8 cm³/mol. The highest BCUT2D eigenvalue weighted by atomic mass is 16.5. The number of nitrogens with zero attached hydrogens (tertiary/aromatic N) is 3. The highest BCUT2D eigenvalue weighted by Crippen LogP contribution is 2.17. The molecule has 1 aromatic rings.